The average molecular weight is 238 g/mol. The molecule has 0 spiro atoms. The van der Waals surface area contributed by atoms with Crippen LogP contribution in [0.5, 0.6) is 0 Å². The van der Waals surface area contributed by atoms with Gasteiger partial charge in [0.1, 0.15) is 0 Å². The van der Waals surface area contributed by atoms with Gasteiger partial charge in [-0.25, -0.2) is 4.68 Å². The first-order valence-corrected chi connectivity index (χ1v) is 4.92. The van der Waals surface area contributed by atoms with E-state index in [0.717, 1.165) is 0 Å². The molecule has 0 radical (unpaired) electrons. The Kier molecular flexibility index (Phi) is 2.62. The highest BCUT2D eigenvalue weighted by molar-refractivity contribution is 6.30. The van der Waals surface area contributed by atoms with Gasteiger partial charge in [-0.3, -0.25) is 9.89 Å². The summed E-state index contributed by atoms with van der Waals surface area (Å²) in [6, 6.07) is 6.74. The Morgan fingerprint density at radius 1 is 1.44 bits per heavy atom. The molecule has 0 bridgehead atoms. The molecular weight excluding hydrogens is 230 g/mol. The number of nitrogens with one attached hydrogen (secondary N) is 1. The molecule has 0 aliphatic heterocycles. The maximum absolute atomic E-state index is 11.7. The molecule has 5 nitrogen and oxygen atoms in total. The zero-order valence-corrected chi connectivity index (χ0v) is 9.15. The number of hydrogen-bond acceptors (Lipinski definition) is 3. The summed E-state index contributed by atoms with van der Waals surface area (Å²) in [5.41, 5.74) is 0.408. The van der Waals surface area contributed by atoms with E-state index in [1.54, 1.807) is 31.2 Å². The monoisotopic (exact) mass is 237 g/mol. The van der Waals surface area contributed by atoms with Crippen molar-refractivity contribution in [3.63, 3.8) is 0 Å². The smallest absolute Gasteiger partial charge is 0.293 e. The van der Waals surface area contributed by atoms with Crippen LogP contribution in [-0.2, 0) is 0 Å². The van der Waals surface area contributed by atoms with Crippen LogP contribution in [0, 0.1) is 11.8 Å². The molecule has 82 valence electrons. The number of halogens is 1. The maximum atomic E-state index is 11.7. The van der Waals surface area contributed by atoms with Gasteiger partial charge in [-0.2, -0.15) is 0 Å². The lowest BCUT2D eigenvalue weighted by Crippen LogP contribution is -2.13. The van der Waals surface area contributed by atoms with Crippen LogP contribution in [0.2, 0.25) is 5.02 Å². The second-order valence-electron chi connectivity index (χ2n) is 3.30. The molecule has 0 aliphatic rings. The topological polar surface area (TPSA) is 67.2 Å². The Morgan fingerprint density at radius 2 is 2.19 bits per heavy atom. The third-order valence-electron chi connectivity index (χ3n) is 2.20. The van der Waals surface area contributed by atoms with Crippen molar-refractivity contribution in [3.8, 4) is 5.69 Å². The highest BCUT2D eigenvalue weighted by Crippen LogP contribution is 2.16. The molecule has 1 heterocycles. The van der Waals surface area contributed by atoms with Crippen LogP contribution in [0.3, 0.4) is 0 Å². The van der Waals surface area contributed by atoms with E-state index >= 15 is 0 Å². The predicted octanol–water partition coefficient (Wildman–Crippen LogP) is 2.53. The van der Waals surface area contributed by atoms with E-state index in [0.29, 0.717) is 16.4 Å². The van der Waals surface area contributed by atoms with Crippen molar-refractivity contribution < 1.29 is 0 Å². The molecule has 0 saturated heterocycles. The van der Waals surface area contributed by atoms with E-state index in [4.69, 9.17) is 11.6 Å². The zero-order chi connectivity index (χ0) is 11.7. The van der Waals surface area contributed by atoms with E-state index in [9.17, 15) is 9.70 Å². The molecule has 0 fully saturated rings. The first-order chi connectivity index (χ1) is 7.63. The summed E-state index contributed by atoms with van der Waals surface area (Å²) in [6.45, 7) is 1.61. The minimum atomic E-state index is -0.477. The number of nitroso groups, excluding NO2 is 1. The molecule has 0 amide bonds. The highest BCUT2D eigenvalue weighted by Gasteiger charge is 2.12. The van der Waals surface area contributed by atoms with Crippen LogP contribution >= 0.6 is 11.6 Å². The largest absolute Gasteiger partial charge is 0.301 e. The first-order valence-electron chi connectivity index (χ1n) is 4.54. The Balaban J connectivity index is 2.66. The summed E-state index contributed by atoms with van der Waals surface area (Å²) < 4.78 is 1.23. The summed E-state index contributed by atoms with van der Waals surface area (Å²) in [5, 5.41) is 5.96. The van der Waals surface area contributed by atoms with Gasteiger partial charge in [0.05, 0.1) is 11.4 Å². The van der Waals surface area contributed by atoms with Crippen molar-refractivity contribution in [2.24, 2.45) is 5.18 Å². The maximum Gasteiger partial charge on any atom is 0.301 e. The Morgan fingerprint density at radius 3 is 2.75 bits per heavy atom. The minimum absolute atomic E-state index is 0.111. The van der Waals surface area contributed by atoms with Crippen molar-refractivity contribution in [2.75, 3.05) is 0 Å². The van der Waals surface area contributed by atoms with E-state index in [2.05, 4.69) is 10.3 Å². The average Bonchev–Trinajstić information content (AvgIpc) is 2.54. The predicted molar refractivity (Wildman–Crippen MR) is 61.6 cm³/mol. The van der Waals surface area contributed by atoms with Crippen molar-refractivity contribution in [2.45, 2.75) is 6.92 Å². The van der Waals surface area contributed by atoms with Gasteiger partial charge >= 0.3 is 5.56 Å². The number of H-pyrrole nitrogens is 1. The van der Waals surface area contributed by atoms with Gasteiger partial charge in [0.15, 0.2) is 5.69 Å². The number of hydrogen-bond donors (Lipinski definition) is 1. The molecule has 0 atom stereocenters. The fraction of sp³-hybridized carbons (Fsp3) is 0.100. The van der Waals surface area contributed by atoms with E-state index in [1.807, 2.05) is 0 Å². The van der Waals surface area contributed by atoms with Crippen LogP contribution in [0.15, 0.2) is 34.2 Å². The normalized spacial score (nSPS) is 10.4. The van der Waals surface area contributed by atoms with Crippen molar-refractivity contribution in [1.29, 1.82) is 0 Å². The van der Waals surface area contributed by atoms with Gasteiger partial charge in [-0.05, 0) is 30.3 Å². The van der Waals surface area contributed by atoms with E-state index in [1.165, 1.54) is 4.68 Å². The minimum Gasteiger partial charge on any atom is -0.293 e. The summed E-state index contributed by atoms with van der Waals surface area (Å²) in [6.07, 6.45) is 0. The van der Waals surface area contributed by atoms with Crippen LogP contribution in [0.25, 0.3) is 5.69 Å². The van der Waals surface area contributed by atoms with Gasteiger partial charge in [0, 0.05) is 5.02 Å². The SMILES string of the molecule is Cc1[nH]n(-c2cccc(Cl)c2)c(=O)c1N=O. The van der Waals surface area contributed by atoms with Crippen LogP contribution in [0.4, 0.5) is 5.69 Å². The van der Waals surface area contributed by atoms with E-state index < -0.39 is 5.56 Å². The summed E-state index contributed by atoms with van der Waals surface area (Å²) in [4.78, 5) is 22.2. The Hall–Kier alpha value is -1.88. The molecule has 2 aromatic rings. The molecule has 1 N–H and O–H groups in total. The van der Waals surface area contributed by atoms with Gasteiger partial charge < -0.3 is 0 Å². The fourth-order valence-corrected chi connectivity index (χ4v) is 1.63. The molecule has 6 heteroatoms. The number of aromatic amines is 1. The third kappa shape index (κ3) is 1.65. The van der Waals surface area contributed by atoms with Crippen molar-refractivity contribution in [1.82, 2.24) is 9.78 Å². The van der Waals surface area contributed by atoms with Crippen LogP contribution in [-0.4, -0.2) is 9.78 Å². The number of aromatic nitrogens is 2. The zero-order valence-electron chi connectivity index (χ0n) is 8.40. The quantitative estimate of drug-likeness (QED) is 0.816. The summed E-state index contributed by atoms with van der Waals surface area (Å²) >= 11 is 5.81. The number of nitrogens with zero attached hydrogens (tertiary/aromatic N) is 2. The summed E-state index contributed by atoms with van der Waals surface area (Å²) in [5.74, 6) is 0. The molecule has 0 aliphatic carbocycles. The molecule has 2 rings (SSSR count). The molecule has 0 unspecified atom stereocenters. The molecule has 1 aromatic heterocycles. The standard InChI is InChI=1S/C10H8ClN3O2/c1-6-9(13-16)10(15)14(12-6)8-4-2-3-7(11)5-8/h2-5,12H,1H3. The van der Waals surface area contributed by atoms with Gasteiger partial charge in [-0.15, -0.1) is 4.91 Å². The summed E-state index contributed by atoms with van der Waals surface area (Å²) in [7, 11) is 0. The number of aryl methyl sites for hydroxylation is 1. The highest BCUT2D eigenvalue weighted by atomic mass is 35.5. The molecule has 0 saturated carbocycles. The van der Waals surface area contributed by atoms with Crippen molar-refractivity contribution >= 4 is 17.3 Å². The molecular formula is C10H8ClN3O2. The second-order valence-corrected chi connectivity index (χ2v) is 3.73. The van der Waals surface area contributed by atoms with Crippen molar-refractivity contribution in [3.05, 3.63) is 50.2 Å². The first kappa shape index (κ1) is 10.6. The number of rotatable bonds is 2. The molecule has 1 aromatic carbocycles. The van der Waals surface area contributed by atoms with Crippen LogP contribution in [0.1, 0.15) is 5.69 Å². The lowest BCUT2D eigenvalue weighted by atomic mass is 10.3. The fourth-order valence-electron chi connectivity index (χ4n) is 1.44. The van der Waals surface area contributed by atoms with Gasteiger partial charge in [-0.1, -0.05) is 17.7 Å². The number of benzene rings is 1. The third-order valence-corrected chi connectivity index (χ3v) is 2.43. The lowest BCUT2D eigenvalue weighted by Gasteiger charge is -2.00. The van der Waals surface area contributed by atoms with Gasteiger partial charge in [0.25, 0.3) is 0 Å². The van der Waals surface area contributed by atoms with Gasteiger partial charge in [0.2, 0.25) is 0 Å². The van der Waals surface area contributed by atoms with Crippen LogP contribution < -0.4 is 5.56 Å². The Labute approximate surface area is 95.6 Å². The Bertz CT molecular complexity index is 600. The second kappa shape index (κ2) is 3.94. The molecule has 16 heavy (non-hydrogen) atoms. The van der Waals surface area contributed by atoms with E-state index in [-0.39, 0.29) is 5.69 Å². The lowest BCUT2D eigenvalue weighted by molar-refractivity contribution is 0.835.